The van der Waals surface area contributed by atoms with Crippen molar-refractivity contribution in [1.82, 2.24) is 4.98 Å². The summed E-state index contributed by atoms with van der Waals surface area (Å²) >= 11 is 2.31. The second-order valence-corrected chi connectivity index (χ2v) is 3.78. The van der Waals surface area contributed by atoms with Gasteiger partial charge in [-0.25, -0.2) is 0 Å². The maximum absolute atomic E-state index is 4.38. The van der Waals surface area contributed by atoms with E-state index in [2.05, 4.69) is 45.6 Å². The Hall–Kier alpha value is -0.320. The van der Waals surface area contributed by atoms with E-state index in [1.807, 2.05) is 0 Å². The molecule has 1 aliphatic heterocycles. The van der Waals surface area contributed by atoms with E-state index in [0.717, 1.165) is 18.5 Å². The topological polar surface area (TPSA) is 28.1 Å². The van der Waals surface area contributed by atoms with E-state index in [1.54, 1.807) is 0 Å². The largest absolute Gasteiger partial charge is 0.335 e. The van der Waals surface area contributed by atoms with Gasteiger partial charge in [-0.1, -0.05) is 6.08 Å². The second kappa shape index (κ2) is 2.62. The average Bonchev–Trinajstić information content (AvgIpc) is 2.30. The van der Waals surface area contributed by atoms with Gasteiger partial charge in [0.05, 0.1) is 3.70 Å². The molecule has 2 heterocycles. The number of nitrogens with one attached hydrogen (secondary N) is 1. The number of H-pyrrole nitrogens is 1. The van der Waals surface area contributed by atoms with Gasteiger partial charge in [-0.15, -0.1) is 0 Å². The Bertz CT molecular complexity index is 389. The van der Waals surface area contributed by atoms with Gasteiger partial charge in [0.15, 0.2) is 0 Å². The lowest BCUT2D eigenvalue weighted by Crippen LogP contribution is -2.27. The zero-order valence-corrected chi connectivity index (χ0v) is 8.47. The molecule has 0 bridgehead atoms. The molecule has 2 rings (SSSR count). The summed E-state index contributed by atoms with van der Waals surface area (Å²) in [5.74, 6) is 0. The fourth-order valence-corrected chi connectivity index (χ4v) is 1.87. The molecule has 0 aliphatic carbocycles. The number of nitrogens with zero attached hydrogens (tertiary/aromatic N) is 1. The molecule has 0 fully saturated rings. The van der Waals surface area contributed by atoms with Crippen molar-refractivity contribution in [2.45, 2.75) is 13.3 Å². The third kappa shape index (κ3) is 1.11. The van der Waals surface area contributed by atoms with Crippen molar-refractivity contribution in [2.75, 3.05) is 6.54 Å². The quantitative estimate of drug-likeness (QED) is 0.666. The molecule has 0 saturated carbocycles. The Kier molecular flexibility index (Phi) is 1.75. The lowest BCUT2D eigenvalue weighted by atomic mass is 10.2. The lowest BCUT2D eigenvalue weighted by Gasteiger charge is -1.93. The van der Waals surface area contributed by atoms with Gasteiger partial charge in [0.1, 0.15) is 5.49 Å². The summed E-state index contributed by atoms with van der Waals surface area (Å²) in [5.41, 5.74) is 2.40. The third-order valence-electron chi connectivity index (χ3n) is 1.96. The van der Waals surface area contributed by atoms with Crippen LogP contribution in [0, 0.1) is 10.6 Å². The van der Waals surface area contributed by atoms with Gasteiger partial charge < -0.3 is 4.98 Å². The van der Waals surface area contributed by atoms with E-state index in [9.17, 15) is 0 Å². The normalized spacial score (nSPS) is 15.1. The van der Waals surface area contributed by atoms with E-state index in [1.165, 1.54) is 14.5 Å². The molecule has 1 aliphatic rings. The zero-order valence-electron chi connectivity index (χ0n) is 6.32. The van der Waals surface area contributed by atoms with Crippen LogP contribution >= 0.6 is 22.6 Å². The minimum Gasteiger partial charge on any atom is -0.335 e. The predicted molar refractivity (Wildman–Crippen MR) is 53.0 cm³/mol. The SMILES string of the molecule is Cc1c(I)[nH]c2c1=CCCN=2. The standard InChI is InChI=1S/C8H9IN2/c1-5-6-3-2-4-10-8(6)11-7(5)9/h3H,2,4H2,1H3,(H,10,11). The second-order valence-electron chi connectivity index (χ2n) is 2.70. The Morgan fingerprint density at radius 1 is 1.64 bits per heavy atom. The van der Waals surface area contributed by atoms with Gasteiger partial charge in [0, 0.05) is 11.8 Å². The van der Waals surface area contributed by atoms with Crippen LogP contribution < -0.4 is 10.7 Å². The molecular formula is C8H9IN2. The van der Waals surface area contributed by atoms with Crippen LogP contribution in [-0.2, 0) is 0 Å². The monoisotopic (exact) mass is 260 g/mol. The highest BCUT2D eigenvalue weighted by Gasteiger charge is 2.03. The minimum atomic E-state index is 0.934. The highest BCUT2D eigenvalue weighted by atomic mass is 127. The molecular weight excluding hydrogens is 251 g/mol. The number of aromatic nitrogens is 1. The number of halogens is 1. The Balaban J connectivity index is 2.89. The summed E-state index contributed by atoms with van der Waals surface area (Å²) < 4.78 is 1.22. The Labute approximate surface area is 78.6 Å². The van der Waals surface area contributed by atoms with Crippen molar-refractivity contribution >= 4 is 28.7 Å². The van der Waals surface area contributed by atoms with Gasteiger partial charge in [0.2, 0.25) is 0 Å². The van der Waals surface area contributed by atoms with Crippen LogP contribution in [0.5, 0.6) is 0 Å². The molecule has 0 spiro atoms. The fraction of sp³-hybridized carbons (Fsp3) is 0.375. The maximum Gasteiger partial charge on any atom is 0.133 e. The lowest BCUT2D eigenvalue weighted by molar-refractivity contribution is 0.933. The molecule has 0 radical (unpaired) electrons. The van der Waals surface area contributed by atoms with Crippen LogP contribution in [0.15, 0.2) is 4.99 Å². The fourth-order valence-electron chi connectivity index (χ4n) is 1.32. The molecule has 0 unspecified atom stereocenters. The predicted octanol–water partition coefficient (Wildman–Crippen LogP) is 0.732. The van der Waals surface area contributed by atoms with E-state index < -0.39 is 0 Å². The first-order valence-electron chi connectivity index (χ1n) is 3.68. The average molecular weight is 260 g/mol. The van der Waals surface area contributed by atoms with Gasteiger partial charge >= 0.3 is 0 Å². The Morgan fingerprint density at radius 2 is 2.45 bits per heavy atom. The summed E-state index contributed by atoms with van der Waals surface area (Å²) in [6, 6.07) is 0. The maximum atomic E-state index is 4.38. The van der Waals surface area contributed by atoms with E-state index >= 15 is 0 Å². The summed E-state index contributed by atoms with van der Waals surface area (Å²) in [6.07, 6.45) is 3.35. The number of rotatable bonds is 0. The van der Waals surface area contributed by atoms with Crippen molar-refractivity contribution in [3.05, 3.63) is 20.0 Å². The van der Waals surface area contributed by atoms with Crippen LogP contribution in [0.25, 0.3) is 6.08 Å². The molecule has 2 nitrogen and oxygen atoms in total. The van der Waals surface area contributed by atoms with Crippen molar-refractivity contribution in [3.8, 4) is 0 Å². The van der Waals surface area contributed by atoms with Gasteiger partial charge in [-0.3, -0.25) is 4.99 Å². The summed E-state index contributed by atoms with van der Waals surface area (Å²) in [7, 11) is 0. The molecule has 1 aromatic rings. The van der Waals surface area contributed by atoms with Crippen LogP contribution in [-0.4, -0.2) is 11.5 Å². The number of fused-ring (bicyclic) bond motifs is 1. The smallest absolute Gasteiger partial charge is 0.133 e. The first kappa shape index (κ1) is 7.34. The molecule has 0 saturated heterocycles. The van der Waals surface area contributed by atoms with E-state index in [-0.39, 0.29) is 0 Å². The molecule has 1 aromatic heterocycles. The highest BCUT2D eigenvalue weighted by Crippen LogP contribution is 2.01. The van der Waals surface area contributed by atoms with Crippen molar-refractivity contribution in [2.24, 2.45) is 4.99 Å². The van der Waals surface area contributed by atoms with E-state index in [0.29, 0.717) is 0 Å². The molecule has 0 aromatic carbocycles. The van der Waals surface area contributed by atoms with Crippen molar-refractivity contribution in [3.63, 3.8) is 0 Å². The number of aromatic amines is 1. The van der Waals surface area contributed by atoms with Gasteiger partial charge in [-0.2, -0.15) is 0 Å². The molecule has 3 heteroatoms. The van der Waals surface area contributed by atoms with Crippen molar-refractivity contribution < 1.29 is 0 Å². The van der Waals surface area contributed by atoms with Gasteiger partial charge in [0.25, 0.3) is 0 Å². The highest BCUT2D eigenvalue weighted by molar-refractivity contribution is 14.1. The Morgan fingerprint density at radius 3 is 3.18 bits per heavy atom. The molecule has 1 N–H and O–H groups in total. The molecule has 11 heavy (non-hydrogen) atoms. The summed E-state index contributed by atoms with van der Waals surface area (Å²) in [6.45, 7) is 3.07. The first-order valence-corrected chi connectivity index (χ1v) is 4.75. The van der Waals surface area contributed by atoms with E-state index in [4.69, 9.17) is 0 Å². The van der Waals surface area contributed by atoms with Crippen LogP contribution in [0.1, 0.15) is 12.0 Å². The molecule has 0 amide bonds. The van der Waals surface area contributed by atoms with Crippen LogP contribution in [0.3, 0.4) is 0 Å². The summed E-state index contributed by atoms with van der Waals surface area (Å²) in [4.78, 5) is 7.64. The minimum absolute atomic E-state index is 0.934. The third-order valence-corrected chi connectivity index (χ3v) is 3.04. The van der Waals surface area contributed by atoms with Crippen LogP contribution in [0.2, 0.25) is 0 Å². The molecule has 58 valence electrons. The molecule has 0 atom stereocenters. The number of hydrogen-bond donors (Lipinski definition) is 1. The zero-order chi connectivity index (χ0) is 7.84. The first-order chi connectivity index (χ1) is 5.29. The van der Waals surface area contributed by atoms with Gasteiger partial charge in [-0.05, 0) is 41.5 Å². The summed E-state index contributed by atoms with van der Waals surface area (Å²) in [5, 5.41) is 1.31. The number of hydrogen-bond acceptors (Lipinski definition) is 1. The van der Waals surface area contributed by atoms with Crippen LogP contribution in [0.4, 0.5) is 0 Å². The van der Waals surface area contributed by atoms with Crippen molar-refractivity contribution in [1.29, 1.82) is 0 Å².